The molecule has 2 amide bonds. The second-order valence-corrected chi connectivity index (χ2v) is 4.32. The van der Waals surface area contributed by atoms with Gasteiger partial charge >= 0.3 is 0 Å². The van der Waals surface area contributed by atoms with Crippen LogP contribution in [0.5, 0.6) is 0 Å². The minimum atomic E-state index is -0.751. The van der Waals surface area contributed by atoms with Gasteiger partial charge in [0.25, 0.3) is 0 Å². The van der Waals surface area contributed by atoms with Crippen LogP contribution in [0.25, 0.3) is 0 Å². The first-order valence-electron chi connectivity index (χ1n) is 5.18. The lowest BCUT2D eigenvalue weighted by Gasteiger charge is -2.38. The highest BCUT2D eigenvalue weighted by Crippen LogP contribution is 2.14. The molecule has 1 saturated heterocycles. The maximum Gasteiger partial charge on any atom is 0.248 e. The Labute approximate surface area is 90.4 Å². The van der Waals surface area contributed by atoms with Crippen LogP contribution in [-0.2, 0) is 9.59 Å². The summed E-state index contributed by atoms with van der Waals surface area (Å²) in [5.41, 5.74) is -0.751. The molecule has 1 rings (SSSR count). The van der Waals surface area contributed by atoms with Crippen molar-refractivity contribution in [1.82, 2.24) is 15.1 Å². The number of carbonyl (C=O) groups is 2. The average Bonchev–Trinajstić information content (AvgIpc) is 2.28. The second-order valence-electron chi connectivity index (χ2n) is 4.32. The Morgan fingerprint density at radius 2 is 1.93 bits per heavy atom. The van der Waals surface area contributed by atoms with Gasteiger partial charge in [-0.05, 0) is 13.8 Å². The minimum absolute atomic E-state index is 0.0126. The summed E-state index contributed by atoms with van der Waals surface area (Å²) >= 11 is 0. The van der Waals surface area contributed by atoms with Gasteiger partial charge in [-0.15, -0.1) is 0 Å². The Morgan fingerprint density at radius 3 is 2.40 bits per heavy atom. The molecule has 0 aromatic heterocycles. The Kier molecular flexibility index (Phi) is 3.68. The maximum absolute atomic E-state index is 12.1. The van der Waals surface area contributed by atoms with Crippen molar-refractivity contribution in [3.05, 3.63) is 0 Å². The SMILES string of the molecule is CN(C=O)C(C)(C)C(=O)N1CCNCC1. The van der Waals surface area contributed by atoms with E-state index >= 15 is 0 Å². The molecule has 1 N–H and O–H groups in total. The molecular weight excluding hydrogens is 194 g/mol. The lowest BCUT2D eigenvalue weighted by molar-refractivity contribution is -0.146. The third-order valence-electron chi connectivity index (χ3n) is 2.97. The van der Waals surface area contributed by atoms with E-state index in [0.29, 0.717) is 6.41 Å². The third kappa shape index (κ3) is 2.47. The Bertz CT molecular complexity index is 247. The summed E-state index contributed by atoms with van der Waals surface area (Å²) in [6, 6.07) is 0. The zero-order valence-electron chi connectivity index (χ0n) is 9.62. The largest absolute Gasteiger partial charge is 0.338 e. The van der Waals surface area contributed by atoms with Gasteiger partial charge in [0.15, 0.2) is 0 Å². The zero-order valence-corrected chi connectivity index (χ0v) is 9.62. The van der Waals surface area contributed by atoms with Crippen LogP contribution in [0, 0.1) is 0 Å². The van der Waals surface area contributed by atoms with E-state index in [-0.39, 0.29) is 5.91 Å². The van der Waals surface area contributed by atoms with Crippen LogP contribution in [0.1, 0.15) is 13.8 Å². The minimum Gasteiger partial charge on any atom is -0.338 e. The molecule has 0 unspecified atom stereocenters. The summed E-state index contributed by atoms with van der Waals surface area (Å²) in [5.74, 6) is 0.0126. The highest BCUT2D eigenvalue weighted by molar-refractivity contribution is 5.87. The van der Waals surface area contributed by atoms with Crippen molar-refractivity contribution in [3.8, 4) is 0 Å². The van der Waals surface area contributed by atoms with Crippen LogP contribution < -0.4 is 5.32 Å². The number of nitrogens with one attached hydrogen (secondary N) is 1. The molecule has 15 heavy (non-hydrogen) atoms. The molecule has 1 aliphatic rings. The number of likely N-dealkylation sites (N-methyl/N-ethyl adjacent to an activating group) is 1. The Balaban J connectivity index is 2.68. The monoisotopic (exact) mass is 213 g/mol. The first-order valence-corrected chi connectivity index (χ1v) is 5.18. The van der Waals surface area contributed by atoms with E-state index in [1.807, 2.05) is 0 Å². The van der Waals surface area contributed by atoms with Crippen LogP contribution >= 0.6 is 0 Å². The highest BCUT2D eigenvalue weighted by Gasteiger charge is 2.35. The van der Waals surface area contributed by atoms with Gasteiger partial charge in [-0.25, -0.2) is 0 Å². The lowest BCUT2D eigenvalue weighted by Crippen LogP contribution is -2.58. The van der Waals surface area contributed by atoms with Crippen LogP contribution in [0.15, 0.2) is 0 Å². The van der Waals surface area contributed by atoms with E-state index in [1.165, 1.54) is 4.90 Å². The molecule has 1 fully saturated rings. The van der Waals surface area contributed by atoms with Crippen molar-refractivity contribution >= 4 is 12.3 Å². The first kappa shape index (κ1) is 12.0. The molecule has 1 aliphatic heterocycles. The fourth-order valence-electron chi connectivity index (χ4n) is 1.54. The van der Waals surface area contributed by atoms with E-state index < -0.39 is 5.54 Å². The fraction of sp³-hybridized carbons (Fsp3) is 0.800. The summed E-state index contributed by atoms with van der Waals surface area (Å²) in [6.45, 7) is 6.63. The van der Waals surface area contributed by atoms with Crippen molar-refractivity contribution < 1.29 is 9.59 Å². The predicted molar refractivity (Wildman–Crippen MR) is 57.4 cm³/mol. The number of hydrogen-bond acceptors (Lipinski definition) is 3. The smallest absolute Gasteiger partial charge is 0.248 e. The summed E-state index contributed by atoms with van der Waals surface area (Å²) in [4.78, 5) is 26.0. The highest BCUT2D eigenvalue weighted by atomic mass is 16.2. The standard InChI is InChI=1S/C10H19N3O2/c1-10(2,12(3)8-14)9(15)13-6-4-11-5-7-13/h8,11H,4-7H2,1-3H3. The number of rotatable bonds is 3. The van der Waals surface area contributed by atoms with Crippen LogP contribution in [-0.4, -0.2) is 60.9 Å². The van der Waals surface area contributed by atoms with Crippen molar-refractivity contribution in [2.24, 2.45) is 0 Å². The molecule has 1 heterocycles. The molecule has 5 heteroatoms. The summed E-state index contributed by atoms with van der Waals surface area (Å²) < 4.78 is 0. The molecule has 0 spiro atoms. The quantitative estimate of drug-likeness (QED) is 0.630. The van der Waals surface area contributed by atoms with Crippen LogP contribution in [0.3, 0.4) is 0 Å². The number of hydrogen-bond donors (Lipinski definition) is 1. The number of piperazine rings is 1. The second kappa shape index (κ2) is 4.61. The first-order chi connectivity index (χ1) is 7.00. The van der Waals surface area contributed by atoms with Gasteiger partial charge in [0.2, 0.25) is 12.3 Å². The van der Waals surface area contributed by atoms with Gasteiger partial charge in [0, 0.05) is 33.2 Å². The van der Waals surface area contributed by atoms with Gasteiger partial charge in [-0.2, -0.15) is 0 Å². The predicted octanol–water partition coefficient (Wildman–Crippen LogP) is -0.715. The Morgan fingerprint density at radius 1 is 1.40 bits per heavy atom. The van der Waals surface area contributed by atoms with E-state index in [0.717, 1.165) is 26.2 Å². The molecule has 0 saturated carbocycles. The van der Waals surface area contributed by atoms with Gasteiger partial charge in [0.05, 0.1) is 0 Å². The topological polar surface area (TPSA) is 52.7 Å². The van der Waals surface area contributed by atoms with Gasteiger partial charge < -0.3 is 15.1 Å². The molecule has 0 atom stereocenters. The summed E-state index contributed by atoms with van der Waals surface area (Å²) in [5, 5.41) is 3.19. The van der Waals surface area contributed by atoms with Gasteiger partial charge in [-0.1, -0.05) is 0 Å². The van der Waals surface area contributed by atoms with Gasteiger partial charge in [0.1, 0.15) is 5.54 Å². The number of nitrogens with zero attached hydrogens (tertiary/aromatic N) is 2. The van der Waals surface area contributed by atoms with E-state index in [9.17, 15) is 9.59 Å². The summed E-state index contributed by atoms with van der Waals surface area (Å²) in [7, 11) is 1.63. The normalized spacial score (nSPS) is 17.4. The van der Waals surface area contributed by atoms with Crippen molar-refractivity contribution in [1.29, 1.82) is 0 Å². The number of carbonyl (C=O) groups excluding carboxylic acids is 2. The lowest BCUT2D eigenvalue weighted by atomic mass is 10.0. The fourth-order valence-corrected chi connectivity index (χ4v) is 1.54. The molecule has 5 nitrogen and oxygen atoms in total. The zero-order chi connectivity index (χ0) is 11.5. The van der Waals surface area contributed by atoms with E-state index in [1.54, 1.807) is 25.8 Å². The van der Waals surface area contributed by atoms with Gasteiger partial charge in [-0.3, -0.25) is 9.59 Å². The molecule has 0 aromatic carbocycles. The van der Waals surface area contributed by atoms with Crippen molar-refractivity contribution in [2.45, 2.75) is 19.4 Å². The summed E-state index contributed by atoms with van der Waals surface area (Å²) in [6.07, 6.45) is 0.695. The van der Waals surface area contributed by atoms with Crippen molar-refractivity contribution in [2.75, 3.05) is 33.2 Å². The molecule has 86 valence electrons. The van der Waals surface area contributed by atoms with E-state index in [4.69, 9.17) is 0 Å². The molecule has 0 aliphatic carbocycles. The van der Waals surface area contributed by atoms with Crippen molar-refractivity contribution in [3.63, 3.8) is 0 Å². The number of amides is 2. The molecule has 0 radical (unpaired) electrons. The third-order valence-corrected chi connectivity index (χ3v) is 2.97. The molecule has 0 aromatic rings. The molecule has 0 bridgehead atoms. The molecular formula is C10H19N3O2. The van der Waals surface area contributed by atoms with Crippen LogP contribution in [0.4, 0.5) is 0 Å². The van der Waals surface area contributed by atoms with Crippen LogP contribution in [0.2, 0.25) is 0 Å². The Hall–Kier alpha value is -1.10. The van der Waals surface area contributed by atoms with E-state index in [2.05, 4.69) is 5.32 Å². The maximum atomic E-state index is 12.1. The average molecular weight is 213 g/mol.